The summed E-state index contributed by atoms with van der Waals surface area (Å²) in [5.41, 5.74) is 1.87. The summed E-state index contributed by atoms with van der Waals surface area (Å²) in [4.78, 5) is 46.7. The SMILES string of the molecule is COc1cc(Nc2ncc3c(=O)n4n(c3n2)-c2ccc3c(n2)N(CCCCC#CC4)C(=O)CO3)ccc1N1CCN(C)CC1. The van der Waals surface area contributed by atoms with Crippen molar-refractivity contribution in [3.8, 4) is 29.2 Å². The third-order valence-electron chi connectivity index (χ3n) is 8.19. The number of benzene rings is 1. The van der Waals surface area contributed by atoms with Gasteiger partial charge < -0.3 is 24.6 Å². The first kappa shape index (κ1) is 27.7. The topological polar surface area (TPSA) is 123 Å². The lowest BCUT2D eigenvalue weighted by molar-refractivity contribution is -0.121. The molecule has 3 aliphatic heterocycles. The van der Waals surface area contributed by atoms with Crippen LogP contribution in [0.5, 0.6) is 11.5 Å². The number of nitrogens with zero attached hydrogens (tertiary/aromatic N) is 8. The van der Waals surface area contributed by atoms with Gasteiger partial charge in [-0.05, 0) is 44.2 Å². The number of anilines is 4. The highest BCUT2D eigenvalue weighted by atomic mass is 16.5. The van der Waals surface area contributed by atoms with Gasteiger partial charge in [-0.1, -0.05) is 5.92 Å². The lowest BCUT2D eigenvalue weighted by Gasteiger charge is -2.34. The molecular formula is C31H33N9O4. The van der Waals surface area contributed by atoms with Gasteiger partial charge in [-0.3, -0.25) is 14.5 Å². The number of pyridine rings is 1. The Morgan fingerprint density at radius 3 is 2.70 bits per heavy atom. The number of carbonyl (C=O) groups is 1. The van der Waals surface area contributed by atoms with Crippen molar-refractivity contribution in [2.45, 2.75) is 25.8 Å². The Hall–Kier alpha value is -5.09. The minimum atomic E-state index is -0.280. The largest absolute Gasteiger partial charge is 0.495 e. The Bertz CT molecular complexity index is 1860. The van der Waals surface area contributed by atoms with Gasteiger partial charge in [0.1, 0.15) is 17.7 Å². The first-order valence-corrected chi connectivity index (χ1v) is 14.8. The maximum absolute atomic E-state index is 13.6. The molecule has 226 valence electrons. The van der Waals surface area contributed by atoms with E-state index in [-0.39, 0.29) is 24.6 Å². The molecule has 1 amide bonds. The van der Waals surface area contributed by atoms with Gasteiger partial charge in [-0.2, -0.15) is 4.98 Å². The van der Waals surface area contributed by atoms with Crippen LogP contribution in [0.3, 0.4) is 0 Å². The zero-order valence-electron chi connectivity index (χ0n) is 24.7. The summed E-state index contributed by atoms with van der Waals surface area (Å²) in [6, 6.07) is 9.46. The fourth-order valence-corrected chi connectivity index (χ4v) is 5.78. The summed E-state index contributed by atoms with van der Waals surface area (Å²) in [7, 11) is 3.79. The van der Waals surface area contributed by atoms with Gasteiger partial charge in [-0.15, -0.1) is 5.92 Å². The van der Waals surface area contributed by atoms with Crippen molar-refractivity contribution in [1.29, 1.82) is 0 Å². The van der Waals surface area contributed by atoms with Crippen LogP contribution in [0.15, 0.2) is 41.3 Å². The van der Waals surface area contributed by atoms with Crippen LogP contribution < -0.4 is 30.1 Å². The second-order valence-corrected chi connectivity index (χ2v) is 11.0. The van der Waals surface area contributed by atoms with Crippen molar-refractivity contribution >= 4 is 40.1 Å². The van der Waals surface area contributed by atoms with Crippen molar-refractivity contribution in [1.82, 2.24) is 29.2 Å². The van der Waals surface area contributed by atoms with E-state index in [9.17, 15) is 9.59 Å². The van der Waals surface area contributed by atoms with Crippen molar-refractivity contribution in [2.75, 3.05) is 68.6 Å². The van der Waals surface area contributed by atoms with E-state index in [1.807, 2.05) is 18.2 Å². The number of methoxy groups -OCH3 is 1. The number of nitrogens with one attached hydrogen (secondary N) is 1. The standard InChI is InChI=1S/C31H33N9O4/c1-36-14-16-37(17-15-36)23-9-8-21(18-25(23)43-2)33-31-32-19-22-28(35-31)40-26-11-10-24-29(34-26)38(27(41)20-44-24)12-6-4-3-5-7-13-39(40)30(22)42/h8-11,18-19H,3-4,6,12-17,20H2,1-2H3,(H,32,33,35). The van der Waals surface area contributed by atoms with Crippen molar-refractivity contribution in [3.63, 3.8) is 0 Å². The molecule has 1 fully saturated rings. The molecule has 3 aromatic heterocycles. The molecule has 6 heterocycles. The molecule has 0 radical (unpaired) electrons. The Kier molecular flexibility index (Phi) is 7.27. The van der Waals surface area contributed by atoms with Gasteiger partial charge in [0, 0.05) is 57.1 Å². The van der Waals surface area contributed by atoms with Gasteiger partial charge in [0.05, 0.1) is 12.8 Å². The number of aromatic nitrogens is 5. The van der Waals surface area contributed by atoms with Crippen LogP contribution in [0.25, 0.3) is 16.9 Å². The van der Waals surface area contributed by atoms with E-state index in [0.29, 0.717) is 47.3 Å². The Labute approximate surface area is 254 Å². The molecular weight excluding hydrogens is 562 g/mol. The molecule has 7 rings (SSSR count). The molecule has 13 nitrogen and oxygen atoms in total. The van der Waals surface area contributed by atoms with E-state index in [4.69, 9.17) is 19.4 Å². The smallest absolute Gasteiger partial charge is 0.279 e. The fourth-order valence-electron chi connectivity index (χ4n) is 5.78. The van der Waals surface area contributed by atoms with Crippen LogP contribution in [-0.2, 0) is 11.3 Å². The van der Waals surface area contributed by atoms with Gasteiger partial charge in [0.2, 0.25) is 5.95 Å². The van der Waals surface area contributed by atoms with E-state index in [1.54, 1.807) is 28.8 Å². The average Bonchev–Trinajstić information content (AvgIpc) is 3.32. The summed E-state index contributed by atoms with van der Waals surface area (Å²) < 4.78 is 14.6. The van der Waals surface area contributed by atoms with Crippen LogP contribution in [0.4, 0.5) is 23.1 Å². The summed E-state index contributed by atoms with van der Waals surface area (Å²) in [6.07, 6.45) is 3.79. The van der Waals surface area contributed by atoms with E-state index in [2.05, 4.69) is 39.0 Å². The number of rotatable bonds is 4. The quantitative estimate of drug-likeness (QED) is 0.352. The third-order valence-corrected chi connectivity index (χ3v) is 8.19. The molecule has 0 unspecified atom stereocenters. The number of ether oxygens (including phenoxy) is 2. The van der Waals surface area contributed by atoms with Crippen LogP contribution in [-0.4, -0.2) is 88.6 Å². The highest BCUT2D eigenvalue weighted by Crippen LogP contribution is 2.34. The minimum Gasteiger partial charge on any atom is -0.495 e. The van der Waals surface area contributed by atoms with E-state index >= 15 is 0 Å². The number of amides is 1. The molecule has 0 saturated carbocycles. The summed E-state index contributed by atoms with van der Waals surface area (Å²) in [5.74, 6) is 8.56. The number of carbonyl (C=O) groups excluding carboxylic acids is 1. The lowest BCUT2D eigenvalue weighted by Crippen LogP contribution is -2.44. The van der Waals surface area contributed by atoms with Crippen LogP contribution in [0.1, 0.15) is 19.3 Å². The number of piperazine rings is 1. The summed E-state index contributed by atoms with van der Waals surface area (Å²) in [6.45, 7) is 4.46. The number of likely N-dealkylation sites (N-methyl/N-ethyl adjacent to an activating group) is 1. The fraction of sp³-hybridized carbons (Fsp3) is 0.387. The molecule has 44 heavy (non-hydrogen) atoms. The van der Waals surface area contributed by atoms with Crippen molar-refractivity contribution in [3.05, 3.63) is 46.9 Å². The molecule has 1 N–H and O–H groups in total. The third kappa shape index (κ3) is 5.07. The van der Waals surface area contributed by atoms with E-state index < -0.39 is 0 Å². The first-order chi connectivity index (χ1) is 21.5. The molecule has 3 aliphatic rings. The van der Waals surface area contributed by atoms with Crippen LogP contribution in [0, 0.1) is 11.8 Å². The first-order valence-electron chi connectivity index (χ1n) is 14.8. The van der Waals surface area contributed by atoms with Gasteiger partial charge in [-0.25, -0.2) is 19.3 Å². The molecule has 0 aliphatic carbocycles. The van der Waals surface area contributed by atoms with Crippen molar-refractivity contribution in [2.24, 2.45) is 0 Å². The zero-order chi connectivity index (χ0) is 30.2. The molecule has 1 aromatic carbocycles. The number of fused-ring (bicyclic) bond motifs is 5. The van der Waals surface area contributed by atoms with Gasteiger partial charge in [0.15, 0.2) is 29.6 Å². The Morgan fingerprint density at radius 2 is 1.86 bits per heavy atom. The molecule has 0 atom stereocenters. The summed E-state index contributed by atoms with van der Waals surface area (Å²) in [5, 5.41) is 3.60. The highest BCUT2D eigenvalue weighted by molar-refractivity contribution is 5.96. The maximum atomic E-state index is 13.6. The minimum absolute atomic E-state index is 0.0333. The lowest BCUT2D eigenvalue weighted by atomic mass is 10.2. The molecule has 4 aromatic rings. The predicted octanol–water partition coefficient (Wildman–Crippen LogP) is 2.39. The molecule has 0 spiro atoms. The molecule has 13 heteroatoms. The van der Waals surface area contributed by atoms with E-state index in [0.717, 1.165) is 56.1 Å². The Balaban J connectivity index is 1.29. The Morgan fingerprint density at radius 1 is 1.00 bits per heavy atom. The molecule has 1 saturated heterocycles. The number of hydrogen-bond acceptors (Lipinski definition) is 10. The zero-order valence-corrected chi connectivity index (χ0v) is 24.7. The van der Waals surface area contributed by atoms with Crippen LogP contribution in [0.2, 0.25) is 0 Å². The average molecular weight is 596 g/mol. The monoisotopic (exact) mass is 595 g/mol. The second kappa shape index (κ2) is 11.5. The van der Waals surface area contributed by atoms with Crippen molar-refractivity contribution < 1.29 is 14.3 Å². The summed E-state index contributed by atoms with van der Waals surface area (Å²) >= 11 is 0. The predicted molar refractivity (Wildman–Crippen MR) is 166 cm³/mol. The molecule has 2 bridgehead atoms. The highest BCUT2D eigenvalue weighted by Gasteiger charge is 2.28. The van der Waals surface area contributed by atoms with E-state index in [1.165, 1.54) is 10.9 Å². The van der Waals surface area contributed by atoms with Gasteiger partial charge >= 0.3 is 0 Å². The maximum Gasteiger partial charge on any atom is 0.279 e. The number of hydrogen-bond donors (Lipinski definition) is 1. The van der Waals surface area contributed by atoms with Crippen LogP contribution >= 0.6 is 0 Å². The van der Waals surface area contributed by atoms with Gasteiger partial charge in [0.25, 0.3) is 11.5 Å². The second-order valence-electron chi connectivity index (χ2n) is 11.0. The normalized spacial score (nSPS) is 17.0.